The molecule has 0 radical (unpaired) electrons. The average molecular weight is 489 g/mol. The van der Waals surface area contributed by atoms with E-state index in [9.17, 15) is 9.50 Å². The topological polar surface area (TPSA) is 135 Å². The van der Waals surface area contributed by atoms with Crippen LogP contribution >= 0.6 is 0 Å². The van der Waals surface area contributed by atoms with Crippen LogP contribution in [0.3, 0.4) is 0 Å². The fraction of sp³-hybridized carbons (Fsp3) is 0.292. The predicted octanol–water partition coefficient (Wildman–Crippen LogP) is 2.12. The van der Waals surface area contributed by atoms with E-state index in [2.05, 4.69) is 32.2 Å². The van der Waals surface area contributed by atoms with E-state index in [1.807, 2.05) is 16.8 Å². The number of phenols is 1. The normalized spacial score (nSPS) is 14.6. The lowest BCUT2D eigenvalue weighted by molar-refractivity contribution is 0.469. The van der Waals surface area contributed by atoms with Crippen LogP contribution in [0.2, 0.25) is 0 Å². The van der Waals surface area contributed by atoms with E-state index in [1.165, 1.54) is 18.5 Å². The summed E-state index contributed by atoms with van der Waals surface area (Å²) in [7, 11) is 0. The SMILES string of the molecule is Cc1ccn2nc(Cn3nc(-c4cc(O)cc(F)c4)c4c(N)ncnc43)nc(N3CCCNCC3)c12. The van der Waals surface area contributed by atoms with Gasteiger partial charge in [0.1, 0.15) is 41.5 Å². The van der Waals surface area contributed by atoms with Crippen molar-refractivity contribution in [3.05, 3.63) is 54.0 Å². The molecule has 0 aliphatic carbocycles. The molecule has 4 aromatic heterocycles. The van der Waals surface area contributed by atoms with E-state index in [-0.39, 0.29) is 18.1 Å². The maximum Gasteiger partial charge on any atom is 0.173 e. The van der Waals surface area contributed by atoms with Gasteiger partial charge in [0.15, 0.2) is 17.3 Å². The summed E-state index contributed by atoms with van der Waals surface area (Å²) in [6.45, 7) is 5.86. The Bertz CT molecular complexity index is 1570. The third-order valence-electron chi connectivity index (χ3n) is 6.38. The number of hydrogen-bond acceptors (Lipinski definition) is 9. The van der Waals surface area contributed by atoms with Crippen LogP contribution in [-0.2, 0) is 6.54 Å². The third kappa shape index (κ3) is 3.85. The number of nitrogens with one attached hydrogen (secondary N) is 1. The Morgan fingerprint density at radius 3 is 2.89 bits per heavy atom. The summed E-state index contributed by atoms with van der Waals surface area (Å²) in [6, 6.07) is 5.77. The van der Waals surface area contributed by atoms with Crippen molar-refractivity contribution < 1.29 is 9.50 Å². The van der Waals surface area contributed by atoms with Crippen molar-refractivity contribution in [2.24, 2.45) is 0 Å². The van der Waals surface area contributed by atoms with E-state index in [1.54, 1.807) is 4.68 Å². The number of benzene rings is 1. The number of halogens is 1. The van der Waals surface area contributed by atoms with Gasteiger partial charge in [-0.2, -0.15) is 10.2 Å². The molecule has 5 heterocycles. The number of rotatable bonds is 4. The van der Waals surface area contributed by atoms with Gasteiger partial charge < -0.3 is 21.1 Å². The molecular formula is C24H25FN10O. The number of nitrogen functional groups attached to an aromatic ring is 1. The minimum absolute atomic E-state index is 0.208. The lowest BCUT2D eigenvalue weighted by Crippen LogP contribution is -2.30. The lowest BCUT2D eigenvalue weighted by atomic mass is 10.1. The number of anilines is 2. The molecule has 0 amide bonds. The van der Waals surface area contributed by atoms with Gasteiger partial charge in [0, 0.05) is 37.5 Å². The van der Waals surface area contributed by atoms with Crippen LogP contribution in [0.15, 0.2) is 36.8 Å². The van der Waals surface area contributed by atoms with Crippen molar-refractivity contribution in [2.45, 2.75) is 19.9 Å². The lowest BCUT2D eigenvalue weighted by Gasteiger charge is -2.23. The van der Waals surface area contributed by atoms with Gasteiger partial charge in [-0.1, -0.05) is 0 Å². The molecule has 1 aliphatic heterocycles. The number of aromatic nitrogens is 7. The average Bonchev–Trinajstić information content (AvgIpc) is 3.27. The second-order valence-electron chi connectivity index (χ2n) is 8.90. The zero-order valence-corrected chi connectivity index (χ0v) is 19.7. The Morgan fingerprint density at radius 1 is 1.14 bits per heavy atom. The molecule has 184 valence electrons. The highest BCUT2D eigenvalue weighted by atomic mass is 19.1. The predicted molar refractivity (Wildman–Crippen MR) is 133 cm³/mol. The Hall–Kier alpha value is -4.32. The minimum atomic E-state index is -0.587. The zero-order chi connectivity index (χ0) is 24.8. The fourth-order valence-electron chi connectivity index (χ4n) is 4.73. The highest BCUT2D eigenvalue weighted by molar-refractivity contribution is 5.98. The maximum absolute atomic E-state index is 14.1. The molecule has 0 bridgehead atoms. The zero-order valence-electron chi connectivity index (χ0n) is 19.7. The molecule has 1 aliphatic rings. The summed E-state index contributed by atoms with van der Waals surface area (Å²) in [5.74, 6) is 0.834. The van der Waals surface area contributed by atoms with Crippen LogP contribution in [0.25, 0.3) is 27.8 Å². The summed E-state index contributed by atoms with van der Waals surface area (Å²) in [4.78, 5) is 15.7. The number of hydrogen-bond donors (Lipinski definition) is 3. The molecule has 1 saturated heterocycles. The molecular weight excluding hydrogens is 463 g/mol. The highest BCUT2D eigenvalue weighted by Gasteiger charge is 2.22. The summed E-state index contributed by atoms with van der Waals surface area (Å²) >= 11 is 0. The van der Waals surface area contributed by atoms with Gasteiger partial charge >= 0.3 is 0 Å². The van der Waals surface area contributed by atoms with Crippen LogP contribution in [0.1, 0.15) is 17.8 Å². The summed E-state index contributed by atoms with van der Waals surface area (Å²) in [6.07, 6.45) is 4.31. The molecule has 4 N–H and O–H groups in total. The van der Waals surface area contributed by atoms with Crippen LogP contribution in [0.5, 0.6) is 5.75 Å². The molecule has 6 rings (SSSR count). The Labute approximate surface area is 205 Å². The van der Waals surface area contributed by atoms with Crippen LogP contribution in [-0.4, -0.2) is 65.6 Å². The van der Waals surface area contributed by atoms with Gasteiger partial charge in [0.25, 0.3) is 0 Å². The third-order valence-corrected chi connectivity index (χ3v) is 6.38. The molecule has 5 aromatic rings. The molecule has 12 heteroatoms. The molecule has 0 spiro atoms. The molecule has 0 unspecified atom stereocenters. The van der Waals surface area contributed by atoms with E-state index >= 15 is 0 Å². The minimum Gasteiger partial charge on any atom is -0.508 e. The number of fused-ring (bicyclic) bond motifs is 2. The van der Waals surface area contributed by atoms with Crippen LogP contribution in [0, 0.1) is 12.7 Å². The van der Waals surface area contributed by atoms with Gasteiger partial charge in [-0.25, -0.2) is 28.5 Å². The van der Waals surface area contributed by atoms with Gasteiger partial charge in [0.2, 0.25) is 0 Å². The molecule has 0 saturated carbocycles. The van der Waals surface area contributed by atoms with Crippen molar-refractivity contribution in [1.29, 1.82) is 0 Å². The van der Waals surface area contributed by atoms with Crippen LogP contribution in [0.4, 0.5) is 16.0 Å². The molecule has 36 heavy (non-hydrogen) atoms. The second-order valence-corrected chi connectivity index (χ2v) is 8.90. The van der Waals surface area contributed by atoms with Crippen molar-refractivity contribution in [2.75, 3.05) is 36.8 Å². The number of aryl methyl sites for hydroxylation is 1. The van der Waals surface area contributed by atoms with Gasteiger partial charge in [0.05, 0.1) is 5.39 Å². The number of aromatic hydroxyl groups is 1. The first-order chi connectivity index (χ1) is 17.5. The smallest absolute Gasteiger partial charge is 0.173 e. The Balaban J connectivity index is 1.48. The van der Waals surface area contributed by atoms with Gasteiger partial charge in [-0.05, 0) is 43.7 Å². The maximum atomic E-state index is 14.1. The van der Waals surface area contributed by atoms with Crippen LogP contribution < -0.4 is 16.0 Å². The fourth-order valence-corrected chi connectivity index (χ4v) is 4.73. The van der Waals surface area contributed by atoms with E-state index in [0.717, 1.165) is 55.6 Å². The first-order valence-corrected chi connectivity index (χ1v) is 11.8. The van der Waals surface area contributed by atoms with Crippen molar-refractivity contribution in [3.63, 3.8) is 0 Å². The van der Waals surface area contributed by atoms with Crippen molar-refractivity contribution in [3.8, 4) is 17.0 Å². The molecule has 1 aromatic carbocycles. The Morgan fingerprint density at radius 2 is 2.03 bits per heavy atom. The summed E-state index contributed by atoms with van der Waals surface area (Å²) in [5.41, 5.74) is 9.47. The van der Waals surface area contributed by atoms with Crippen molar-refractivity contribution in [1.82, 2.24) is 39.7 Å². The van der Waals surface area contributed by atoms with Gasteiger partial charge in [-0.3, -0.25) is 0 Å². The monoisotopic (exact) mass is 488 g/mol. The molecule has 0 atom stereocenters. The number of nitrogens with zero attached hydrogens (tertiary/aromatic N) is 8. The quantitative estimate of drug-likeness (QED) is 0.348. The first kappa shape index (κ1) is 22.2. The van der Waals surface area contributed by atoms with E-state index in [4.69, 9.17) is 15.8 Å². The number of nitrogens with two attached hydrogens (primary N) is 1. The largest absolute Gasteiger partial charge is 0.508 e. The Kier molecular flexibility index (Phi) is 5.37. The summed E-state index contributed by atoms with van der Waals surface area (Å²) in [5, 5.41) is 23.3. The number of phenolic OH excluding ortho intramolecular Hbond substituents is 1. The van der Waals surface area contributed by atoms with E-state index < -0.39 is 5.82 Å². The molecule has 11 nitrogen and oxygen atoms in total. The summed E-state index contributed by atoms with van der Waals surface area (Å²) < 4.78 is 17.6. The first-order valence-electron chi connectivity index (χ1n) is 11.8. The standard InChI is InChI=1S/C24H25FN10O/c1-14-3-7-34-21(14)24(33-6-2-4-27-5-8-33)30-18(31-34)12-35-23-19(22(26)28-13-29-23)20(32-35)15-9-16(25)11-17(36)10-15/h3,7,9-11,13,27,36H,2,4-6,8,12H2,1H3,(H2,26,28,29). The van der Waals surface area contributed by atoms with Gasteiger partial charge in [-0.15, -0.1) is 0 Å². The molecule has 1 fully saturated rings. The highest BCUT2D eigenvalue weighted by Crippen LogP contribution is 2.33. The van der Waals surface area contributed by atoms with E-state index in [0.29, 0.717) is 28.1 Å². The second kappa shape index (κ2) is 8.72. The van der Waals surface area contributed by atoms with Crippen molar-refractivity contribution >= 4 is 28.2 Å².